The van der Waals surface area contributed by atoms with E-state index in [1.165, 1.54) is 31.2 Å². The summed E-state index contributed by atoms with van der Waals surface area (Å²) in [6, 6.07) is 8.38. The lowest BCUT2D eigenvalue weighted by molar-refractivity contribution is 0.0264. The van der Waals surface area contributed by atoms with Crippen LogP contribution in [0.3, 0.4) is 0 Å². The molecule has 2 unspecified atom stereocenters. The molecule has 20 heavy (non-hydrogen) atoms. The minimum absolute atomic E-state index is 0. The fourth-order valence-corrected chi connectivity index (χ4v) is 4.97. The highest BCUT2D eigenvalue weighted by Crippen LogP contribution is 2.56. The first-order valence-corrected chi connectivity index (χ1v) is 7.89. The van der Waals surface area contributed by atoms with E-state index in [4.69, 9.17) is 17.3 Å². The third kappa shape index (κ3) is 2.73. The molecule has 1 aromatic rings. The number of hydrogen-bond acceptors (Lipinski definition) is 1. The van der Waals surface area contributed by atoms with Gasteiger partial charge in [0.05, 0.1) is 0 Å². The standard InChI is InChI=1S/C17H24ClN.ClH/c1-17(2,19)16-12-9-7-11(8-10-12)15(16)13-5-3-4-6-14(13)18;/h3-6,11-12,15-16H,7-10,19H2,1-2H3;1H. The highest BCUT2D eigenvalue weighted by molar-refractivity contribution is 6.31. The van der Waals surface area contributed by atoms with Crippen LogP contribution in [0.15, 0.2) is 24.3 Å². The van der Waals surface area contributed by atoms with E-state index in [0.717, 1.165) is 16.9 Å². The third-order valence-electron chi connectivity index (χ3n) is 5.34. The summed E-state index contributed by atoms with van der Waals surface area (Å²) in [4.78, 5) is 0. The molecule has 3 heteroatoms. The van der Waals surface area contributed by atoms with Crippen LogP contribution in [0.5, 0.6) is 0 Å². The van der Waals surface area contributed by atoms with E-state index in [-0.39, 0.29) is 17.9 Å². The van der Waals surface area contributed by atoms with Gasteiger partial charge in [-0.2, -0.15) is 0 Å². The molecule has 112 valence electrons. The second-order valence-electron chi connectivity index (χ2n) is 7.07. The number of halogens is 2. The van der Waals surface area contributed by atoms with Crippen molar-refractivity contribution in [2.75, 3.05) is 0 Å². The molecule has 1 aromatic carbocycles. The van der Waals surface area contributed by atoms with Crippen molar-refractivity contribution in [3.05, 3.63) is 34.9 Å². The summed E-state index contributed by atoms with van der Waals surface area (Å²) in [7, 11) is 0. The fraction of sp³-hybridized carbons (Fsp3) is 0.647. The molecule has 2 atom stereocenters. The van der Waals surface area contributed by atoms with Crippen molar-refractivity contribution < 1.29 is 0 Å². The van der Waals surface area contributed by atoms with Crippen LogP contribution in [-0.4, -0.2) is 5.54 Å². The van der Waals surface area contributed by atoms with Crippen LogP contribution in [0.4, 0.5) is 0 Å². The summed E-state index contributed by atoms with van der Waals surface area (Å²) in [5.41, 5.74) is 7.75. The van der Waals surface area contributed by atoms with E-state index < -0.39 is 0 Å². The Labute approximate surface area is 133 Å². The Morgan fingerprint density at radius 1 is 1.05 bits per heavy atom. The SMILES string of the molecule is CC(C)(N)C1C2CCC(CC2)C1c1ccccc1Cl.Cl. The Balaban J connectivity index is 0.00000147. The molecule has 0 amide bonds. The molecular formula is C17H25Cl2N. The van der Waals surface area contributed by atoms with Crippen molar-refractivity contribution in [1.29, 1.82) is 0 Å². The third-order valence-corrected chi connectivity index (χ3v) is 5.69. The molecular weight excluding hydrogens is 289 g/mol. The highest BCUT2D eigenvalue weighted by atomic mass is 35.5. The van der Waals surface area contributed by atoms with Gasteiger partial charge in [-0.25, -0.2) is 0 Å². The topological polar surface area (TPSA) is 26.0 Å². The lowest BCUT2D eigenvalue weighted by Gasteiger charge is -2.54. The van der Waals surface area contributed by atoms with E-state index in [1.807, 2.05) is 12.1 Å². The fourth-order valence-electron chi connectivity index (χ4n) is 4.71. The zero-order valence-corrected chi connectivity index (χ0v) is 13.9. The van der Waals surface area contributed by atoms with Crippen molar-refractivity contribution >= 4 is 24.0 Å². The first kappa shape index (κ1) is 16.1. The molecule has 1 nitrogen and oxygen atoms in total. The zero-order chi connectivity index (χ0) is 13.6. The van der Waals surface area contributed by atoms with Crippen LogP contribution in [0, 0.1) is 17.8 Å². The largest absolute Gasteiger partial charge is 0.325 e. The summed E-state index contributed by atoms with van der Waals surface area (Å²) >= 11 is 6.47. The maximum Gasteiger partial charge on any atom is 0.0441 e. The van der Waals surface area contributed by atoms with Crippen molar-refractivity contribution in [1.82, 2.24) is 0 Å². The molecule has 3 fully saturated rings. The summed E-state index contributed by atoms with van der Waals surface area (Å²) in [5, 5.41) is 0.925. The van der Waals surface area contributed by atoms with Gasteiger partial charge in [-0.1, -0.05) is 29.8 Å². The molecule has 0 saturated heterocycles. The van der Waals surface area contributed by atoms with Crippen LogP contribution < -0.4 is 5.73 Å². The maximum atomic E-state index is 6.53. The van der Waals surface area contributed by atoms with Crippen LogP contribution in [0.2, 0.25) is 5.02 Å². The van der Waals surface area contributed by atoms with Gasteiger partial charge in [0, 0.05) is 10.6 Å². The molecule has 3 aliphatic carbocycles. The minimum atomic E-state index is -0.117. The van der Waals surface area contributed by atoms with Crippen LogP contribution >= 0.6 is 24.0 Å². The Morgan fingerprint density at radius 3 is 2.15 bits per heavy atom. The molecule has 0 heterocycles. The van der Waals surface area contributed by atoms with Gasteiger partial charge < -0.3 is 5.73 Å². The second kappa shape index (κ2) is 5.87. The normalized spacial score (nSPS) is 32.8. The average molecular weight is 314 g/mol. The summed E-state index contributed by atoms with van der Waals surface area (Å²) in [5.74, 6) is 2.69. The number of benzene rings is 1. The molecule has 0 spiro atoms. The monoisotopic (exact) mass is 313 g/mol. The number of nitrogens with two attached hydrogens (primary N) is 1. The first-order chi connectivity index (χ1) is 8.98. The minimum Gasteiger partial charge on any atom is -0.325 e. The number of fused-ring (bicyclic) bond motifs is 3. The van der Waals surface area contributed by atoms with Crippen molar-refractivity contribution in [3.63, 3.8) is 0 Å². The van der Waals surface area contributed by atoms with E-state index in [0.29, 0.717) is 11.8 Å². The van der Waals surface area contributed by atoms with Crippen LogP contribution in [-0.2, 0) is 0 Å². The number of rotatable bonds is 2. The smallest absolute Gasteiger partial charge is 0.0441 e. The second-order valence-corrected chi connectivity index (χ2v) is 7.48. The molecule has 0 aliphatic heterocycles. The molecule has 2 N–H and O–H groups in total. The lowest BCUT2D eigenvalue weighted by atomic mass is 9.52. The van der Waals surface area contributed by atoms with Gasteiger partial charge in [-0.05, 0) is 74.8 Å². The predicted octanol–water partition coefficient (Wildman–Crippen LogP) is 5.02. The van der Waals surface area contributed by atoms with Gasteiger partial charge in [0.2, 0.25) is 0 Å². The molecule has 3 saturated carbocycles. The molecule has 3 aliphatic rings. The van der Waals surface area contributed by atoms with E-state index >= 15 is 0 Å². The van der Waals surface area contributed by atoms with Gasteiger partial charge in [0.25, 0.3) is 0 Å². The zero-order valence-electron chi connectivity index (χ0n) is 12.3. The molecule has 0 aromatic heterocycles. The Bertz CT molecular complexity index is 458. The Morgan fingerprint density at radius 2 is 1.60 bits per heavy atom. The van der Waals surface area contributed by atoms with Gasteiger partial charge in [-0.3, -0.25) is 0 Å². The van der Waals surface area contributed by atoms with Crippen molar-refractivity contribution in [3.8, 4) is 0 Å². The van der Waals surface area contributed by atoms with Crippen LogP contribution in [0.1, 0.15) is 51.0 Å². The predicted molar refractivity (Wildman–Crippen MR) is 88.6 cm³/mol. The summed E-state index contributed by atoms with van der Waals surface area (Å²) < 4.78 is 0. The van der Waals surface area contributed by atoms with Crippen molar-refractivity contribution in [2.24, 2.45) is 23.5 Å². The Hall–Kier alpha value is -0.240. The van der Waals surface area contributed by atoms with Crippen LogP contribution in [0.25, 0.3) is 0 Å². The first-order valence-electron chi connectivity index (χ1n) is 7.52. The Kier molecular flexibility index (Phi) is 4.73. The maximum absolute atomic E-state index is 6.53. The molecule has 0 radical (unpaired) electrons. The van der Waals surface area contributed by atoms with E-state index in [9.17, 15) is 0 Å². The molecule has 4 rings (SSSR count). The van der Waals surface area contributed by atoms with E-state index in [1.54, 1.807) is 0 Å². The average Bonchev–Trinajstić information content (AvgIpc) is 2.38. The lowest BCUT2D eigenvalue weighted by Crippen LogP contribution is -2.53. The summed E-state index contributed by atoms with van der Waals surface area (Å²) in [6.45, 7) is 4.39. The van der Waals surface area contributed by atoms with Gasteiger partial charge in [-0.15, -0.1) is 12.4 Å². The van der Waals surface area contributed by atoms with Gasteiger partial charge in [0.15, 0.2) is 0 Å². The van der Waals surface area contributed by atoms with E-state index in [2.05, 4.69) is 26.0 Å². The van der Waals surface area contributed by atoms with Gasteiger partial charge >= 0.3 is 0 Å². The summed E-state index contributed by atoms with van der Waals surface area (Å²) in [6.07, 6.45) is 5.42. The van der Waals surface area contributed by atoms with Gasteiger partial charge in [0.1, 0.15) is 0 Å². The van der Waals surface area contributed by atoms with Crippen molar-refractivity contribution in [2.45, 2.75) is 51.0 Å². The molecule has 2 bridgehead atoms. The number of hydrogen-bond donors (Lipinski definition) is 1. The quantitative estimate of drug-likeness (QED) is 0.815. The highest BCUT2D eigenvalue weighted by Gasteiger charge is 2.49.